The predicted molar refractivity (Wildman–Crippen MR) is 119 cm³/mol. The third kappa shape index (κ3) is 3.59. The summed E-state index contributed by atoms with van der Waals surface area (Å²) in [5.74, 6) is -1.79. The van der Waals surface area contributed by atoms with Gasteiger partial charge in [0.15, 0.2) is 17.3 Å². The minimum Gasteiger partial charge on any atom is -0.443 e. The molecule has 0 saturated carbocycles. The Morgan fingerprint density at radius 3 is 2.47 bits per heavy atom. The Morgan fingerprint density at radius 1 is 1.12 bits per heavy atom. The van der Waals surface area contributed by atoms with Crippen LogP contribution in [0.15, 0.2) is 52.4 Å². The van der Waals surface area contributed by atoms with Gasteiger partial charge < -0.3 is 14.2 Å². The fourth-order valence-corrected chi connectivity index (χ4v) is 5.36. The molecule has 0 spiro atoms. The zero-order valence-electron chi connectivity index (χ0n) is 17.9. The summed E-state index contributed by atoms with van der Waals surface area (Å²) < 4.78 is 62.8. The summed E-state index contributed by atoms with van der Waals surface area (Å²) in [7, 11) is -2.43. The van der Waals surface area contributed by atoms with E-state index in [1.54, 1.807) is 4.90 Å². The van der Waals surface area contributed by atoms with Crippen LogP contribution in [-0.4, -0.2) is 60.5 Å². The van der Waals surface area contributed by atoms with Crippen molar-refractivity contribution in [1.29, 1.82) is 5.26 Å². The van der Waals surface area contributed by atoms with Gasteiger partial charge in [0.25, 0.3) is 10.0 Å². The molecule has 1 aliphatic heterocycles. The van der Waals surface area contributed by atoms with Crippen molar-refractivity contribution >= 4 is 26.6 Å². The number of rotatable bonds is 4. The molecule has 0 radical (unpaired) electrons. The van der Waals surface area contributed by atoms with Crippen LogP contribution in [0.4, 0.5) is 14.5 Å². The summed E-state index contributed by atoms with van der Waals surface area (Å²) in [6, 6.07) is 5.03. The molecule has 12 heteroatoms. The molecule has 9 nitrogen and oxygen atoms in total. The van der Waals surface area contributed by atoms with Crippen LogP contribution < -0.4 is 4.90 Å². The van der Waals surface area contributed by atoms with Gasteiger partial charge in [-0.2, -0.15) is 10.2 Å². The van der Waals surface area contributed by atoms with Gasteiger partial charge in [0, 0.05) is 44.0 Å². The van der Waals surface area contributed by atoms with Crippen molar-refractivity contribution in [3.8, 4) is 17.5 Å². The standard InChI is InChI=1S/C22H18F2N6O3S/c1-28-4-6-29(7-5-28)21-18(23)8-15(9-19(21)24)34(31,32)30-3-2-16-17(11-26-12-20(16)30)22-27-14(10-25)13-33-22/h2-3,8-9,11-13H,4-7H2,1H3. The van der Waals surface area contributed by atoms with Crippen molar-refractivity contribution in [3.63, 3.8) is 0 Å². The SMILES string of the molecule is CN1CCN(c2c(F)cc(S(=O)(=O)n3ccc4c(-c5nc(C#N)co5)cncc43)cc2F)CC1. The normalized spacial score (nSPS) is 15.1. The molecule has 0 N–H and O–H groups in total. The van der Waals surface area contributed by atoms with E-state index >= 15 is 0 Å². The lowest BCUT2D eigenvalue weighted by atomic mass is 10.2. The first kappa shape index (κ1) is 22.0. The van der Waals surface area contributed by atoms with E-state index in [0.717, 1.165) is 16.1 Å². The van der Waals surface area contributed by atoms with E-state index < -0.39 is 26.6 Å². The number of benzene rings is 1. The van der Waals surface area contributed by atoms with Crippen molar-refractivity contribution in [2.45, 2.75) is 4.90 Å². The molecule has 1 aliphatic rings. The second-order valence-corrected chi connectivity index (χ2v) is 9.73. The summed E-state index contributed by atoms with van der Waals surface area (Å²) in [5, 5.41) is 9.40. The maximum Gasteiger partial charge on any atom is 0.268 e. The average molecular weight is 484 g/mol. The zero-order valence-corrected chi connectivity index (χ0v) is 18.8. The van der Waals surface area contributed by atoms with E-state index in [0.29, 0.717) is 37.1 Å². The Hall–Kier alpha value is -3.82. The number of halogens is 2. The monoisotopic (exact) mass is 484 g/mol. The molecule has 5 rings (SSSR count). The first-order valence-corrected chi connectivity index (χ1v) is 11.7. The molecule has 0 atom stereocenters. The van der Waals surface area contributed by atoms with Crippen molar-refractivity contribution < 1.29 is 21.6 Å². The number of pyridine rings is 1. The molecule has 1 saturated heterocycles. The van der Waals surface area contributed by atoms with Crippen molar-refractivity contribution in [1.82, 2.24) is 18.8 Å². The Morgan fingerprint density at radius 2 is 1.82 bits per heavy atom. The third-order valence-corrected chi connectivity index (χ3v) is 7.46. The summed E-state index contributed by atoms with van der Waals surface area (Å²) in [4.78, 5) is 11.2. The first-order chi connectivity index (χ1) is 16.3. The minimum atomic E-state index is -4.36. The quantitative estimate of drug-likeness (QED) is 0.435. The third-order valence-electron chi connectivity index (χ3n) is 5.80. The van der Waals surface area contributed by atoms with Crippen molar-refractivity contribution in [3.05, 3.63) is 60.4 Å². The van der Waals surface area contributed by atoms with E-state index in [1.165, 1.54) is 30.9 Å². The molecule has 1 aromatic carbocycles. The molecule has 0 unspecified atom stereocenters. The van der Waals surface area contributed by atoms with Crippen LogP contribution in [0.3, 0.4) is 0 Å². The van der Waals surface area contributed by atoms with Crippen LogP contribution in [0.5, 0.6) is 0 Å². The largest absolute Gasteiger partial charge is 0.443 e. The number of aromatic nitrogens is 3. The average Bonchev–Trinajstić information content (AvgIpc) is 3.47. The molecular weight excluding hydrogens is 466 g/mol. The van der Waals surface area contributed by atoms with Gasteiger partial charge in [0.1, 0.15) is 18.0 Å². The Labute approximate surface area is 193 Å². The number of nitriles is 1. The number of fused-ring (bicyclic) bond motifs is 1. The van der Waals surface area contributed by atoms with Gasteiger partial charge >= 0.3 is 0 Å². The highest BCUT2D eigenvalue weighted by Crippen LogP contribution is 2.32. The lowest BCUT2D eigenvalue weighted by Crippen LogP contribution is -2.45. The van der Waals surface area contributed by atoms with Crippen molar-refractivity contribution in [2.75, 3.05) is 38.1 Å². The Bertz CT molecular complexity index is 1530. The summed E-state index contributed by atoms with van der Waals surface area (Å²) in [6.07, 6.45) is 5.19. The summed E-state index contributed by atoms with van der Waals surface area (Å²) >= 11 is 0. The highest BCUT2D eigenvalue weighted by atomic mass is 32.2. The van der Waals surface area contributed by atoms with E-state index in [-0.39, 0.29) is 22.8 Å². The molecule has 174 valence electrons. The topological polar surface area (TPSA) is 108 Å². The van der Waals surface area contributed by atoms with Gasteiger partial charge in [-0.25, -0.2) is 21.2 Å². The fraction of sp³-hybridized carbons (Fsp3) is 0.227. The second-order valence-electron chi connectivity index (χ2n) is 7.91. The zero-order chi connectivity index (χ0) is 24.0. The number of oxazole rings is 1. The van der Waals surface area contributed by atoms with Crippen LogP contribution >= 0.6 is 0 Å². The lowest BCUT2D eigenvalue weighted by molar-refractivity contribution is 0.310. The van der Waals surface area contributed by atoms with E-state index in [9.17, 15) is 17.2 Å². The molecule has 0 bridgehead atoms. The Kier molecular flexibility index (Phi) is 5.30. The number of piperazine rings is 1. The van der Waals surface area contributed by atoms with E-state index in [1.807, 2.05) is 18.0 Å². The molecule has 0 amide bonds. The van der Waals surface area contributed by atoms with Crippen LogP contribution in [-0.2, 0) is 10.0 Å². The highest BCUT2D eigenvalue weighted by Gasteiger charge is 2.27. The fourth-order valence-electron chi connectivity index (χ4n) is 4.00. The lowest BCUT2D eigenvalue weighted by Gasteiger charge is -2.34. The van der Waals surface area contributed by atoms with Crippen LogP contribution in [0, 0.1) is 23.0 Å². The maximum atomic E-state index is 15.0. The summed E-state index contributed by atoms with van der Waals surface area (Å²) in [6.45, 7) is 2.15. The van der Waals surface area contributed by atoms with Gasteiger partial charge in [-0.1, -0.05) is 0 Å². The second kappa shape index (κ2) is 8.19. The smallest absolute Gasteiger partial charge is 0.268 e. The Balaban J connectivity index is 1.56. The maximum absolute atomic E-state index is 15.0. The van der Waals surface area contributed by atoms with E-state index in [4.69, 9.17) is 9.68 Å². The number of hydrogen-bond donors (Lipinski definition) is 0. The molecule has 4 aromatic rings. The molecule has 3 aromatic heterocycles. The van der Waals surface area contributed by atoms with Crippen LogP contribution in [0.25, 0.3) is 22.4 Å². The molecule has 1 fully saturated rings. The number of nitrogens with zero attached hydrogens (tertiary/aromatic N) is 6. The molecular formula is C22H18F2N6O3S. The van der Waals surface area contributed by atoms with Gasteiger partial charge in [-0.05, 0) is 25.2 Å². The minimum absolute atomic E-state index is 0.0606. The van der Waals surface area contributed by atoms with Gasteiger partial charge in [-0.3, -0.25) is 4.98 Å². The first-order valence-electron chi connectivity index (χ1n) is 10.3. The van der Waals surface area contributed by atoms with Gasteiger partial charge in [-0.15, -0.1) is 0 Å². The molecule has 0 aliphatic carbocycles. The number of hydrogen-bond acceptors (Lipinski definition) is 8. The van der Waals surface area contributed by atoms with Crippen LogP contribution in [0.1, 0.15) is 5.69 Å². The predicted octanol–water partition coefficient (Wildman–Crippen LogP) is 2.83. The molecule has 4 heterocycles. The number of likely N-dealkylation sites (N-methyl/N-ethyl adjacent to an activating group) is 1. The van der Waals surface area contributed by atoms with Crippen molar-refractivity contribution in [2.24, 2.45) is 0 Å². The van der Waals surface area contributed by atoms with Gasteiger partial charge in [0.2, 0.25) is 5.89 Å². The van der Waals surface area contributed by atoms with Crippen LogP contribution in [0.2, 0.25) is 0 Å². The molecule has 34 heavy (non-hydrogen) atoms. The van der Waals surface area contributed by atoms with E-state index in [2.05, 4.69) is 9.97 Å². The van der Waals surface area contributed by atoms with Gasteiger partial charge in [0.05, 0.1) is 22.2 Å². The number of anilines is 1. The highest BCUT2D eigenvalue weighted by molar-refractivity contribution is 7.90. The summed E-state index contributed by atoms with van der Waals surface area (Å²) in [5.41, 5.74) is 0.366.